The van der Waals surface area contributed by atoms with Crippen LogP contribution in [0.25, 0.3) is 0 Å². The Morgan fingerprint density at radius 2 is 1.89 bits per heavy atom. The number of Topliss-reactive ketones (excluding diaryl/α,β-unsaturated/α-hetero) is 1. The zero-order chi connectivity index (χ0) is 19.7. The number of para-hydroxylation sites is 1. The van der Waals surface area contributed by atoms with Crippen molar-refractivity contribution < 1.29 is 23.9 Å². The van der Waals surface area contributed by atoms with Crippen LogP contribution in [-0.4, -0.2) is 37.4 Å². The topological polar surface area (TPSA) is 84.9 Å². The number of rotatable bonds is 5. The van der Waals surface area contributed by atoms with Gasteiger partial charge in [0.1, 0.15) is 11.9 Å². The number of nitrogens with zero attached hydrogens (tertiary/aromatic N) is 1. The molecule has 7 nitrogen and oxygen atoms in total. The monoisotopic (exact) mass is 380 g/mol. The van der Waals surface area contributed by atoms with Gasteiger partial charge in [-0.25, -0.2) is 4.79 Å². The maximum Gasteiger partial charge on any atom is 0.344 e. The second kappa shape index (κ2) is 7.34. The molecule has 1 N–H and O–H groups in total. The molecule has 0 aromatic heterocycles. The molecule has 1 unspecified atom stereocenters. The number of carbonyl (C=O) groups is 3. The Bertz CT molecular complexity index is 924. The van der Waals surface area contributed by atoms with E-state index in [0.717, 1.165) is 5.56 Å². The van der Waals surface area contributed by atoms with E-state index in [2.05, 4.69) is 10.2 Å². The van der Waals surface area contributed by atoms with Crippen LogP contribution >= 0.6 is 0 Å². The summed E-state index contributed by atoms with van der Waals surface area (Å²) in [6.45, 7) is 2.43. The van der Waals surface area contributed by atoms with E-state index in [1.807, 2.05) is 12.1 Å². The molecule has 2 aromatic carbocycles. The maximum absolute atomic E-state index is 12.6. The van der Waals surface area contributed by atoms with E-state index in [-0.39, 0.29) is 24.5 Å². The van der Waals surface area contributed by atoms with Crippen molar-refractivity contribution in [3.05, 3.63) is 59.2 Å². The molecule has 2 aromatic rings. The number of carbonyl (C=O) groups excluding carboxylic acids is 3. The first-order valence-corrected chi connectivity index (χ1v) is 9.20. The van der Waals surface area contributed by atoms with Crippen LogP contribution in [0.5, 0.6) is 5.75 Å². The minimum atomic E-state index is -0.423. The predicted octanol–water partition coefficient (Wildman–Crippen LogP) is 2.46. The average Bonchev–Trinajstić information content (AvgIpc) is 2.71. The van der Waals surface area contributed by atoms with E-state index in [9.17, 15) is 14.4 Å². The Balaban J connectivity index is 1.57. The first kappa shape index (κ1) is 18.0. The number of benzene rings is 2. The number of ether oxygens (including phenoxy) is 2. The van der Waals surface area contributed by atoms with Crippen molar-refractivity contribution in [1.82, 2.24) is 5.32 Å². The smallest absolute Gasteiger partial charge is 0.344 e. The third kappa shape index (κ3) is 3.19. The summed E-state index contributed by atoms with van der Waals surface area (Å²) in [5, 5.41) is 3.01. The molecule has 1 atom stereocenters. The molecule has 0 radical (unpaired) electrons. The zero-order valence-electron chi connectivity index (χ0n) is 15.4. The Morgan fingerprint density at radius 3 is 2.64 bits per heavy atom. The fourth-order valence-electron chi connectivity index (χ4n) is 3.62. The first-order valence-electron chi connectivity index (χ1n) is 9.20. The lowest BCUT2D eigenvalue weighted by atomic mass is 9.92. The second-order valence-electron chi connectivity index (χ2n) is 6.61. The van der Waals surface area contributed by atoms with Gasteiger partial charge >= 0.3 is 5.97 Å². The standard InChI is InChI=1S/C21H20N2O5/c1-2-27-18(25)12-28-14-8-6-13(7-9-14)20-22-21(26)16-5-3-4-15-17(24)10-11-23(20)19(15)16/h3-9,20H,2,10-12H2,1H3,(H,22,26). The molecule has 0 spiro atoms. The number of nitrogens with one attached hydrogen (secondary N) is 1. The van der Waals surface area contributed by atoms with Gasteiger partial charge in [-0.3, -0.25) is 9.59 Å². The number of hydrogen-bond acceptors (Lipinski definition) is 6. The van der Waals surface area contributed by atoms with Crippen LogP contribution in [0, 0.1) is 0 Å². The van der Waals surface area contributed by atoms with Crippen molar-refractivity contribution in [3.63, 3.8) is 0 Å². The quantitative estimate of drug-likeness (QED) is 0.802. The Labute approximate surface area is 162 Å². The van der Waals surface area contributed by atoms with Crippen LogP contribution in [0.2, 0.25) is 0 Å². The van der Waals surface area contributed by atoms with Crippen molar-refractivity contribution >= 4 is 23.3 Å². The lowest BCUT2D eigenvalue weighted by Gasteiger charge is -2.42. The van der Waals surface area contributed by atoms with Gasteiger partial charge < -0.3 is 19.7 Å². The molecule has 4 rings (SSSR count). The fourth-order valence-corrected chi connectivity index (χ4v) is 3.62. The van der Waals surface area contributed by atoms with Gasteiger partial charge in [-0.2, -0.15) is 0 Å². The lowest BCUT2D eigenvalue weighted by molar-refractivity contribution is -0.145. The van der Waals surface area contributed by atoms with Gasteiger partial charge in [0.05, 0.1) is 17.9 Å². The average molecular weight is 380 g/mol. The van der Waals surface area contributed by atoms with Crippen molar-refractivity contribution in [2.24, 2.45) is 0 Å². The predicted molar refractivity (Wildman–Crippen MR) is 102 cm³/mol. The summed E-state index contributed by atoms with van der Waals surface area (Å²) in [4.78, 5) is 38.3. The van der Waals surface area contributed by atoms with Crippen LogP contribution in [-0.2, 0) is 9.53 Å². The maximum atomic E-state index is 12.6. The number of amides is 1. The lowest BCUT2D eigenvalue weighted by Crippen LogP contribution is -2.49. The molecule has 0 fully saturated rings. The summed E-state index contributed by atoms with van der Waals surface area (Å²) >= 11 is 0. The van der Waals surface area contributed by atoms with E-state index in [1.165, 1.54) is 0 Å². The second-order valence-corrected chi connectivity index (χ2v) is 6.61. The zero-order valence-corrected chi connectivity index (χ0v) is 15.4. The normalized spacial score (nSPS) is 17.6. The fraction of sp³-hybridized carbons (Fsp3) is 0.286. The Morgan fingerprint density at radius 1 is 1.14 bits per heavy atom. The van der Waals surface area contributed by atoms with Gasteiger partial charge in [0, 0.05) is 18.5 Å². The van der Waals surface area contributed by atoms with Crippen LogP contribution in [0.15, 0.2) is 42.5 Å². The van der Waals surface area contributed by atoms with Gasteiger partial charge in [0.15, 0.2) is 12.4 Å². The molecule has 2 aliphatic heterocycles. The van der Waals surface area contributed by atoms with E-state index in [4.69, 9.17) is 9.47 Å². The number of hydrogen-bond donors (Lipinski definition) is 1. The largest absolute Gasteiger partial charge is 0.482 e. The van der Waals surface area contributed by atoms with Crippen LogP contribution in [0.1, 0.15) is 45.8 Å². The van der Waals surface area contributed by atoms with E-state index in [0.29, 0.717) is 42.1 Å². The van der Waals surface area contributed by atoms with E-state index in [1.54, 1.807) is 37.3 Å². The molecule has 2 aliphatic rings. The molecule has 0 aliphatic carbocycles. The molecular formula is C21H20N2O5. The summed E-state index contributed by atoms with van der Waals surface area (Å²) < 4.78 is 10.3. The highest BCUT2D eigenvalue weighted by atomic mass is 16.6. The van der Waals surface area contributed by atoms with Crippen molar-refractivity contribution in [2.45, 2.75) is 19.5 Å². The summed E-state index contributed by atoms with van der Waals surface area (Å²) in [5.74, 6) is -0.0261. The van der Waals surface area contributed by atoms with E-state index < -0.39 is 5.97 Å². The van der Waals surface area contributed by atoms with Gasteiger partial charge in [0.2, 0.25) is 0 Å². The third-order valence-corrected chi connectivity index (χ3v) is 4.89. The highest BCUT2D eigenvalue weighted by Crippen LogP contribution is 2.39. The minimum absolute atomic E-state index is 0.0595. The van der Waals surface area contributed by atoms with Crippen molar-refractivity contribution in [1.29, 1.82) is 0 Å². The first-order chi connectivity index (χ1) is 13.6. The van der Waals surface area contributed by atoms with Crippen molar-refractivity contribution in [3.8, 4) is 5.75 Å². The minimum Gasteiger partial charge on any atom is -0.482 e. The summed E-state index contributed by atoms with van der Waals surface area (Å²) in [7, 11) is 0. The molecule has 0 bridgehead atoms. The van der Waals surface area contributed by atoms with Crippen LogP contribution in [0.4, 0.5) is 5.69 Å². The number of anilines is 1. The molecule has 28 heavy (non-hydrogen) atoms. The molecule has 0 saturated carbocycles. The molecular weight excluding hydrogens is 360 g/mol. The van der Waals surface area contributed by atoms with E-state index >= 15 is 0 Å². The third-order valence-electron chi connectivity index (χ3n) is 4.89. The van der Waals surface area contributed by atoms with Gasteiger partial charge in [-0.05, 0) is 36.8 Å². The Kier molecular flexibility index (Phi) is 4.73. The highest BCUT2D eigenvalue weighted by Gasteiger charge is 2.37. The molecule has 2 heterocycles. The number of esters is 1. The van der Waals surface area contributed by atoms with Gasteiger partial charge in [0.25, 0.3) is 5.91 Å². The summed E-state index contributed by atoms with van der Waals surface area (Å²) in [6.07, 6.45) is 0.0390. The van der Waals surface area contributed by atoms with Gasteiger partial charge in [-0.1, -0.05) is 18.2 Å². The Hall–Kier alpha value is -3.35. The van der Waals surface area contributed by atoms with Crippen molar-refractivity contribution in [2.75, 3.05) is 24.7 Å². The highest BCUT2D eigenvalue weighted by molar-refractivity contribution is 6.11. The summed E-state index contributed by atoms with van der Waals surface area (Å²) in [6, 6.07) is 12.4. The van der Waals surface area contributed by atoms with Gasteiger partial charge in [-0.15, -0.1) is 0 Å². The SMILES string of the molecule is CCOC(=O)COc1ccc(C2NC(=O)c3cccc4c3N2CCC4=O)cc1. The molecule has 144 valence electrons. The molecule has 0 saturated heterocycles. The molecule has 7 heteroatoms. The number of ketones is 1. The molecule has 1 amide bonds. The van der Waals surface area contributed by atoms with Crippen LogP contribution < -0.4 is 15.0 Å². The van der Waals surface area contributed by atoms with Crippen LogP contribution in [0.3, 0.4) is 0 Å². The summed E-state index contributed by atoms with van der Waals surface area (Å²) in [5.41, 5.74) is 2.69.